The maximum absolute atomic E-state index is 13.5. The Balaban J connectivity index is 1.72. The number of nitrogens with one attached hydrogen (secondary N) is 2. The molecule has 0 saturated heterocycles. The van der Waals surface area contributed by atoms with E-state index in [1.165, 1.54) is 0 Å². The second-order valence-electron chi connectivity index (χ2n) is 6.56. The summed E-state index contributed by atoms with van der Waals surface area (Å²) in [7, 11) is 0. The van der Waals surface area contributed by atoms with E-state index in [1.54, 1.807) is 6.20 Å². The van der Waals surface area contributed by atoms with Crippen molar-refractivity contribution in [2.45, 2.75) is 13.0 Å². The van der Waals surface area contributed by atoms with Crippen molar-refractivity contribution in [3.8, 4) is 5.75 Å². The number of ether oxygens (including phenoxy) is 1. The van der Waals surface area contributed by atoms with Gasteiger partial charge in [0.2, 0.25) is 0 Å². The smallest absolute Gasteiger partial charge is 0.191 e. The largest absolute Gasteiger partial charge is 0.494 e. The van der Waals surface area contributed by atoms with Crippen molar-refractivity contribution in [2.24, 2.45) is 0 Å². The number of ketones is 1. The van der Waals surface area contributed by atoms with E-state index in [4.69, 9.17) is 4.74 Å². The Labute approximate surface area is 164 Å². The van der Waals surface area contributed by atoms with Crippen LogP contribution >= 0.6 is 0 Å². The molecule has 1 unspecified atom stereocenters. The highest BCUT2D eigenvalue weighted by Crippen LogP contribution is 2.28. The minimum Gasteiger partial charge on any atom is -0.494 e. The number of aromatic amines is 1. The number of H-pyrrole nitrogens is 1. The molecule has 4 heteroatoms. The van der Waals surface area contributed by atoms with E-state index in [2.05, 4.69) is 10.3 Å². The lowest BCUT2D eigenvalue weighted by atomic mass is 9.96. The predicted octanol–water partition coefficient (Wildman–Crippen LogP) is 5.60. The number of carbonyl (C=O) groups excluding carboxylic acids is 1. The lowest BCUT2D eigenvalue weighted by Crippen LogP contribution is -2.21. The van der Waals surface area contributed by atoms with Crippen LogP contribution in [0.3, 0.4) is 0 Å². The Morgan fingerprint density at radius 3 is 2.61 bits per heavy atom. The molecule has 4 nitrogen and oxygen atoms in total. The maximum Gasteiger partial charge on any atom is 0.191 e. The predicted molar refractivity (Wildman–Crippen MR) is 113 cm³/mol. The Kier molecular flexibility index (Phi) is 5.11. The zero-order valence-corrected chi connectivity index (χ0v) is 15.7. The van der Waals surface area contributed by atoms with Crippen LogP contribution in [0.15, 0.2) is 85.1 Å². The molecule has 1 atom stereocenters. The summed E-state index contributed by atoms with van der Waals surface area (Å²) in [6.45, 7) is 2.55. The fourth-order valence-electron chi connectivity index (χ4n) is 3.39. The van der Waals surface area contributed by atoms with Gasteiger partial charge in [0.25, 0.3) is 0 Å². The minimum atomic E-state index is -0.503. The molecule has 140 valence electrons. The Bertz CT molecular complexity index is 1090. The number of rotatable bonds is 7. The van der Waals surface area contributed by atoms with Crippen molar-refractivity contribution in [2.75, 3.05) is 11.9 Å². The van der Waals surface area contributed by atoms with Crippen molar-refractivity contribution in [3.63, 3.8) is 0 Å². The summed E-state index contributed by atoms with van der Waals surface area (Å²) in [6, 6.07) is 24.8. The molecule has 4 aromatic rings. The van der Waals surface area contributed by atoms with Crippen molar-refractivity contribution in [3.05, 3.63) is 96.2 Å². The monoisotopic (exact) mass is 370 g/mol. The fourth-order valence-corrected chi connectivity index (χ4v) is 3.39. The highest BCUT2D eigenvalue weighted by Gasteiger charge is 2.24. The third-order valence-corrected chi connectivity index (χ3v) is 4.71. The summed E-state index contributed by atoms with van der Waals surface area (Å²) in [6.07, 6.45) is 1.79. The SMILES string of the molecule is CCOc1cccc(NC(C(=O)c2c[nH]c3ccccc23)c2ccccc2)c1. The number of fused-ring (bicyclic) bond motifs is 1. The average Bonchev–Trinajstić information content (AvgIpc) is 3.17. The van der Waals surface area contributed by atoms with Crippen LogP contribution in [0.25, 0.3) is 10.9 Å². The van der Waals surface area contributed by atoms with Crippen LogP contribution in [-0.2, 0) is 0 Å². The first-order valence-corrected chi connectivity index (χ1v) is 9.41. The van der Waals surface area contributed by atoms with Gasteiger partial charge >= 0.3 is 0 Å². The van der Waals surface area contributed by atoms with Gasteiger partial charge < -0.3 is 15.0 Å². The van der Waals surface area contributed by atoms with Crippen LogP contribution in [0.5, 0.6) is 5.75 Å². The summed E-state index contributed by atoms with van der Waals surface area (Å²) >= 11 is 0. The van der Waals surface area contributed by atoms with Gasteiger partial charge in [-0.3, -0.25) is 4.79 Å². The van der Waals surface area contributed by atoms with Gasteiger partial charge in [-0.1, -0.05) is 54.6 Å². The van der Waals surface area contributed by atoms with E-state index in [-0.39, 0.29) is 5.78 Å². The topological polar surface area (TPSA) is 54.1 Å². The molecule has 0 saturated carbocycles. The van der Waals surface area contributed by atoms with Gasteiger partial charge in [0.05, 0.1) is 6.61 Å². The van der Waals surface area contributed by atoms with Crippen LogP contribution < -0.4 is 10.1 Å². The molecule has 0 spiro atoms. The van der Waals surface area contributed by atoms with Crippen LogP contribution in [0.1, 0.15) is 28.9 Å². The van der Waals surface area contributed by atoms with Crippen LogP contribution in [0, 0.1) is 0 Å². The lowest BCUT2D eigenvalue weighted by molar-refractivity contribution is 0.0971. The highest BCUT2D eigenvalue weighted by atomic mass is 16.5. The van der Waals surface area contributed by atoms with Crippen molar-refractivity contribution < 1.29 is 9.53 Å². The highest BCUT2D eigenvalue weighted by molar-refractivity contribution is 6.11. The Hall–Kier alpha value is -3.53. The molecule has 1 heterocycles. The molecule has 1 aromatic heterocycles. The van der Waals surface area contributed by atoms with Gasteiger partial charge in [0.15, 0.2) is 5.78 Å². The van der Waals surface area contributed by atoms with Gasteiger partial charge in [0.1, 0.15) is 11.8 Å². The van der Waals surface area contributed by atoms with Gasteiger partial charge in [-0.25, -0.2) is 0 Å². The standard InChI is InChI=1S/C24H22N2O2/c1-2-28-19-12-8-11-18(15-19)26-23(17-9-4-3-5-10-17)24(27)21-16-25-22-14-7-6-13-20(21)22/h3-16,23,25-26H,2H2,1H3. The fraction of sp³-hybridized carbons (Fsp3) is 0.125. The van der Waals surface area contributed by atoms with Gasteiger partial charge in [-0.2, -0.15) is 0 Å². The maximum atomic E-state index is 13.5. The second kappa shape index (κ2) is 8.01. The van der Waals surface area contributed by atoms with E-state index >= 15 is 0 Å². The number of para-hydroxylation sites is 1. The first kappa shape index (κ1) is 17.9. The van der Waals surface area contributed by atoms with Gasteiger partial charge in [0, 0.05) is 34.4 Å². The minimum absolute atomic E-state index is 0.0189. The van der Waals surface area contributed by atoms with E-state index in [0.29, 0.717) is 12.2 Å². The molecular formula is C24H22N2O2. The molecule has 0 radical (unpaired) electrons. The second-order valence-corrected chi connectivity index (χ2v) is 6.56. The number of hydrogen-bond donors (Lipinski definition) is 2. The first-order chi connectivity index (χ1) is 13.8. The number of benzene rings is 3. The molecular weight excluding hydrogens is 348 g/mol. The van der Waals surface area contributed by atoms with Crippen LogP contribution in [0.2, 0.25) is 0 Å². The summed E-state index contributed by atoms with van der Waals surface area (Å²) in [5.41, 5.74) is 3.39. The third kappa shape index (κ3) is 3.62. The third-order valence-electron chi connectivity index (χ3n) is 4.71. The van der Waals surface area contributed by atoms with Crippen molar-refractivity contribution in [1.29, 1.82) is 0 Å². The summed E-state index contributed by atoms with van der Waals surface area (Å²) < 4.78 is 5.59. The molecule has 28 heavy (non-hydrogen) atoms. The molecule has 0 aliphatic carbocycles. The number of hydrogen-bond acceptors (Lipinski definition) is 3. The van der Waals surface area contributed by atoms with Crippen molar-refractivity contribution >= 4 is 22.4 Å². The first-order valence-electron chi connectivity index (χ1n) is 9.41. The Morgan fingerprint density at radius 2 is 1.79 bits per heavy atom. The number of Topliss-reactive ketones (excluding diaryl/α,β-unsaturated/α-hetero) is 1. The van der Waals surface area contributed by atoms with Crippen molar-refractivity contribution in [1.82, 2.24) is 4.98 Å². The molecule has 0 fully saturated rings. The Morgan fingerprint density at radius 1 is 1.00 bits per heavy atom. The summed E-state index contributed by atoms with van der Waals surface area (Å²) in [5.74, 6) is 0.796. The summed E-state index contributed by atoms with van der Waals surface area (Å²) in [5, 5.41) is 4.33. The van der Waals surface area contributed by atoms with E-state index in [0.717, 1.165) is 27.9 Å². The quantitative estimate of drug-likeness (QED) is 0.416. The molecule has 2 N–H and O–H groups in total. The average molecular weight is 370 g/mol. The van der Waals surface area contributed by atoms with Gasteiger partial charge in [-0.05, 0) is 30.7 Å². The summed E-state index contributed by atoms with van der Waals surface area (Å²) in [4.78, 5) is 16.7. The van der Waals surface area contributed by atoms with Crippen LogP contribution in [0.4, 0.5) is 5.69 Å². The van der Waals surface area contributed by atoms with E-state index in [9.17, 15) is 4.79 Å². The molecule has 0 aliphatic heterocycles. The lowest BCUT2D eigenvalue weighted by Gasteiger charge is -2.20. The van der Waals surface area contributed by atoms with Gasteiger partial charge in [-0.15, -0.1) is 0 Å². The number of carbonyl (C=O) groups is 1. The molecule has 0 aliphatic rings. The van der Waals surface area contributed by atoms with E-state index < -0.39 is 6.04 Å². The van der Waals surface area contributed by atoms with E-state index in [1.807, 2.05) is 85.8 Å². The molecule has 0 amide bonds. The zero-order chi connectivity index (χ0) is 19.3. The zero-order valence-electron chi connectivity index (χ0n) is 15.7. The number of anilines is 1. The molecule has 3 aromatic carbocycles. The normalized spacial score (nSPS) is 11.9. The molecule has 0 bridgehead atoms. The van der Waals surface area contributed by atoms with Crippen LogP contribution in [-0.4, -0.2) is 17.4 Å². The number of aromatic nitrogens is 1. The molecule has 4 rings (SSSR count).